The molecule has 3 heterocycles. The molecule has 20 heavy (non-hydrogen) atoms. The summed E-state index contributed by atoms with van der Waals surface area (Å²) in [4.78, 5) is 18.6. The molecule has 0 amide bonds. The van der Waals surface area contributed by atoms with E-state index in [0.717, 1.165) is 36.0 Å². The van der Waals surface area contributed by atoms with E-state index in [2.05, 4.69) is 16.9 Å². The molecule has 0 radical (unpaired) electrons. The molecule has 2 bridgehead atoms. The molecule has 4 nitrogen and oxygen atoms in total. The molecular weight excluding hydrogens is 276 g/mol. The molecule has 1 aromatic rings. The number of nitrogens with zero attached hydrogens (tertiary/aromatic N) is 2. The second kappa shape index (κ2) is 5.19. The van der Waals surface area contributed by atoms with E-state index in [1.165, 1.54) is 7.11 Å². The van der Waals surface area contributed by atoms with Gasteiger partial charge in [0.15, 0.2) is 0 Å². The number of aromatic nitrogens is 1. The summed E-state index contributed by atoms with van der Waals surface area (Å²) in [5.41, 5.74) is 2.82. The maximum Gasteiger partial charge on any atom is 0.335 e. The predicted octanol–water partition coefficient (Wildman–Crippen LogP) is 2.53. The van der Waals surface area contributed by atoms with Gasteiger partial charge in [-0.1, -0.05) is 17.7 Å². The zero-order chi connectivity index (χ0) is 14.3. The van der Waals surface area contributed by atoms with Crippen LogP contribution in [0.1, 0.15) is 24.8 Å². The Labute approximate surface area is 123 Å². The predicted molar refractivity (Wildman–Crippen MR) is 77.4 cm³/mol. The first kappa shape index (κ1) is 13.6. The van der Waals surface area contributed by atoms with Crippen molar-refractivity contribution in [1.29, 1.82) is 0 Å². The molecular formula is C15H17ClN2O2. The van der Waals surface area contributed by atoms with Crippen LogP contribution in [0.4, 0.5) is 0 Å². The molecule has 0 saturated carbocycles. The Morgan fingerprint density at radius 1 is 1.45 bits per heavy atom. The van der Waals surface area contributed by atoms with Crippen molar-refractivity contribution in [3.8, 4) is 0 Å². The van der Waals surface area contributed by atoms with Crippen LogP contribution in [-0.4, -0.2) is 42.1 Å². The van der Waals surface area contributed by atoms with Crippen molar-refractivity contribution in [1.82, 2.24) is 9.88 Å². The number of esters is 1. The fourth-order valence-corrected chi connectivity index (χ4v) is 3.46. The normalized spacial score (nSPS) is 25.9. The maximum absolute atomic E-state index is 12.2. The zero-order valence-electron chi connectivity index (χ0n) is 11.6. The van der Waals surface area contributed by atoms with E-state index in [1.54, 1.807) is 12.3 Å². The molecule has 1 aromatic heterocycles. The van der Waals surface area contributed by atoms with Gasteiger partial charge in [0.2, 0.25) is 0 Å². The summed E-state index contributed by atoms with van der Waals surface area (Å²) in [7, 11) is 3.52. The molecule has 2 unspecified atom stereocenters. The minimum Gasteiger partial charge on any atom is -0.466 e. The minimum atomic E-state index is -0.229. The van der Waals surface area contributed by atoms with Crippen molar-refractivity contribution in [2.75, 3.05) is 14.2 Å². The number of fused-ring (bicyclic) bond motifs is 2. The Bertz CT molecular complexity index is 568. The van der Waals surface area contributed by atoms with E-state index in [9.17, 15) is 4.79 Å². The highest BCUT2D eigenvalue weighted by atomic mass is 35.5. The first-order valence-electron chi connectivity index (χ1n) is 6.77. The highest BCUT2D eigenvalue weighted by molar-refractivity contribution is 6.29. The second-order valence-electron chi connectivity index (χ2n) is 5.37. The summed E-state index contributed by atoms with van der Waals surface area (Å²) in [5, 5.41) is 0.463. The topological polar surface area (TPSA) is 42.4 Å². The molecule has 2 aliphatic heterocycles. The molecule has 0 N–H and O–H groups in total. The van der Waals surface area contributed by atoms with E-state index in [0.29, 0.717) is 11.2 Å². The lowest BCUT2D eigenvalue weighted by atomic mass is 9.89. The number of pyridine rings is 1. The number of hydrogen-bond acceptors (Lipinski definition) is 4. The summed E-state index contributed by atoms with van der Waals surface area (Å²) in [6.45, 7) is 0. The van der Waals surface area contributed by atoms with Crippen LogP contribution >= 0.6 is 11.6 Å². The number of halogens is 1. The molecule has 106 valence electrons. The van der Waals surface area contributed by atoms with Crippen LogP contribution in [0.3, 0.4) is 0 Å². The lowest BCUT2D eigenvalue weighted by Gasteiger charge is -2.34. The summed E-state index contributed by atoms with van der Waals surface area (Å²) >= 11 is 5.84. The number of hydrogen-bond donors (Lipinski definition) is 0. The summed E-state index contributed by atoms with van der Waals surface area (Å²) < 4.78 is 4.99. The van der Waals surface area contributed by atoms with Crippen molar-refractivity contribution in [2.24, 2.45) is 0 Å². The van der Waals surface area contributed by atoms with Crippen molar-refractivity contribution < 1.29 is 9.53 Å². The van der Waals surface area contributed by atoms with Gasteiger partial charge in [-0.2, -0.15) is 0 Å². The van der Waals surface area contributed by atoms with Gasteiger partial charge in [-0.15, -0.1) is 0 Å². The molecule has 1 saturated heterocycles. The molecule has 5 heteroatoms. The summed E-state index contributed by atoms with van der Waals surface area (Å²) in [5.74, 6) is -0.229. The lowest BCUT2D eigenvalue weighted by molar-refractivity contribution is -0.136. The van der Waals surface area contributed by atoms with Gasteiger partial charge < -0.3 is 4.74 Å². The number of ether oxygens (including phenoxy) is 1. The fourth-order valence-electron chi connectivity index (χ4n) is 3.35. The quantitative estimate of drug-likeness (QED) is 0.620. The summed E-state index contributed by atoms with van der Waals surface area (Å²) in [6, 6.07) is 4.35. The Morgan fingerprint density at radius 3 is 2.90 bits per heavy atom. The van der Waals surface area contributed by atoms with Crippen LogP contribution in [0.2, 0.25) is 5.15 Å². The van der Waals surface area contributed by atoms with Gasteiger partial charge in [-0.25, -0.2) is 9.78 Å². The van der Waals surface area contributed by atoms with Crippen molar-refractivity contribution >= 4 is 23.1 Å². The molecule has 1 fully saturated rings. The number of rotatable bonds is 2. The van der Waals surface area contributed by atoms with Gasteiger partial charge in [0.1, 0.15) is 5.15 Å². The molecule has 0 spiro atoms. The Hall–Kier alpha value is -1.39. The number of carbonyl (C=O) groups is 1. The molecule has 2 atom stereocenters. The van der Waals surface area contributed by atoms with Crippen molar-refractivity contribution in [3.05, 3.63) is 34.6 Å². The maximum atomic E-state index is 12.2. The van der Waals surface area contributed by atoms with E-state index >= 15 is 0 Å². The van der Waals surface area contributed by atoms with Crippen molar-refractivity contribution in [2.45, 2.75) is 31.3 Å². The first-order chi connectivity index (χ1) is 9.61. The van der Waals surface area contributed by atoms with Crippen LogP contribution in [0.5, 0.6) is 0 Å². The van der Waals surface area contributed by atoms with E-state index in [1.807, 2.05) is 6.07 Å². The Balaban J connectivity index is 2.10. The zero-order valence-corrected chi connectivity index (χ0v) is 12.4. The fraction of sp³-hybridized carbons (Fsp3) is 0.467. The third kappa shape index (κ3) is 2.13. The lowest BCUT2D eigenvalue weighted by Crippen LogP contribution is -2.40. The van der Waals surface area contributed by atoms with Crippen LogP contribution < -0.4 is 0 Å². The molecule has 2 aliphatic rings. The van der Waals surface area contributed by atoms with E-state index < -0.39 is 0 Å². The molecule has 0 aromatic carbocycles. The number of carbonyl (C=O) groups excluding carboxylic acids is 1. The van der Waals surface area contributed by atoms with Crippen LogP contribution in [0.25, 0.3) is 5.57 Å². The minimum absolute atomic E-state index is 0.159. The smallest absolute Gasteiger partial charge is 0.335 e. The van der Waals surface area contributed by atoms with Gasteiger partial charge in [-0.05, 0) is 43.5 Å². The number of methoxy groups -OCH3 is 1. The Morgan fingerprint density at radius 2 is 2.25 bits per heavy atom. The third-order valence-corrected chi connectivity index (χ3v) is 4.64. The highest BCUT2D eigenvalue weighted by Crippen LogP contribution is 2.42. The highest BCUT2D eigenvalue weighted by Gasteiger charge is 2.42. The second-order valence-corrected chi connectivity index (χ2v) is 5.76. The van der Waals surface area contributed by atoms with Crippen molar-refractivity contribution in [3.63, 3.8) is 0 Å². The standard InChI is InChI=1S/C15H17ClN2O2/c1-18-10-4-5-12(18)14(15(19)20-2)11(7-10)9-3-6-13(16)17-8-9/h3,6,8,10,12H,4-5,7H2,1-2H3. The average molecular weight is 293 g/mol. The van der Waals surface area contributed by atoms with Gasteiger partial charge in [0.25, 0.3) is 0 Å². The SMILES string of the molecule is COC(=O)C1=C(c2ccc(Cl)nc2)CC2CCC1N2C. The van der Waals surface area contributed by atoms with E-state index in [-0.39, 0.29) is 12.0 Å². The third-order valence-electron chi connectivity index (χ3n) is 4.42. The number of likely N-dealkylation sites (N-methyl/N-ethyl adjacent to an activating group) is 1. The Kier molecular flexibility index (Phi) is 3.52. The van der Waals surface area contributed by atoms with Crippen LogP contribution in [-0.2, 0) is 9.53 Å². The van der Waals surface area contributed by atoms with Gasteiger partial charge in [0, 0.05) is 18.3 Å². The molecule has 0 aliphatic carbocycles. The van der Waals surface area contributed by atoms with Gasteiger partial charge in [-0.3, -0.25) is 4.90 Å². The summed E-state index contributed by atoms with van der Waals surface area (Å²) in [6.07, 6.45) is 4.73. The first-order valence-corrected chi connectivity index (χ1v) is 7.15. The van der Waals surface area contributed by atoms with Crippen LogP contribution in [0.15, 0.2) is 23.9 Å². The molecule has 3 rings (SSSR count). The van der Waals surface area contributed by atoms with E-state index in [4.69, 9.17) is 16.3 Å². The van der Waals surface area contributed by atoms with Gasteiger partial charge >= 0.3 is 5.97 Å². The average Bonchev–Trinajstić information content (AvgIpc) is 2.70. The monoisotopic (exact) mass is 292 g/mol. The van der Waals surface area contributed by atoms with Crippen LogP contribution in [0, 0.1) is 0 Å². The van der Waals surface area contributed by atoms with Gasteiger partial charge in [0.05, 0.1) is 12.7 Å². The largest absolute Gasteiger partial charge is 0.466 e.